The molecule has 1 rings (SSSR count). The summed E-state index contributed by atoms with van der Waals surface area (Å²) in [7, 11) is -3.87. The molecule has 0 aromatic heterocycles. The number of hydrogen-bond donors (Lipinski definition) is 1. The van der Waals surface area contributed by atoms with Gasteiger partial charge in [-0.15, -0.1) is 0 Å². The molecule has 0 amide bonds. The van der Waals surface area contributed by atoms with E-state index in [9.17, 15) is 8.42 Å². The van der Waals surface area contributed by atoms with Crippen LogP contribution >= 0.6 is 0 Å². The van der Waals surface area contributed by atoms with Gasteiger partial charge in [-0.1, -0.05) is 45.4 Å². The van der Waals surface area contributed by atoms with E-state index in [4.69, 9.17) is 9.29 Å². The highest BCUT2D eigenvalue weighted by Crippen LogP contribution is 2.11. The van der Waals surface area contributed by atoms with Crippen LogP contribution in [0.3, 0.4) is 0 Å². The average Bonchev–Trinajstić information content (AvgIpc) is 2.40. The molecule has 0 radical (unpaired) electrons. The lowest BCUT2D eigenvalue weighted by Gasteiger charge is -2.05. The molecular weight excluding hydrogens is 264 g/mol. The van der Waals surface area contributed by atoms with E-state index in [0.29, 0.717) is 5.75 Å². The molecule has 1 N–H and O–H groups in total. The zero-order valence-corrected chi connectivity index (χ0v) is 13.3. The van der Waals surface area contributed by atoms with E-state index in [-0.39, 0.29) is 18.8 Å². The Balaban J connectivity index is 0. The van der Waals surface area contributed by atoms with Crippen molar-refractivity contribution in [2.45, 2.75) is 41.0 Å². The predicted molar refractivity (Wildman–Crippen MR) is 80.4 cm³/mol. The number of rotatable bonds is 5. The summed E-state index contributed by atoms with van der Waals surface area (Å²) in [5, 5.41) is 0. The maximum absolute atomic E-state index is 10.4. The third-order valence-electron chi connectivity index (χ3n) is 1.84. The van der Waals surface area contributed by atoms with Crippen LogP contribution in [-0.2, 0) is 10.1 Å². The first-order chi connectivity index (χ1) is 8.97. The summed E-state index contributed by atoms with van der Waals surface area (Å²) >= 11 is 0. The van der Waals surface area contributed by atoms with Gasteiger partial charge >= 0.3 is 0 Å². The summed E-state index contributed by atoms with van der Waals surface area (Å²) in [6, 6.07) is 7.47. The monoisotopic (exact) mass is 290 g/mol. The standard InChI is InChI=1S/C10H14O4S.2C2H6/c1-9-3-5-10(6-4-9)14-7-2-8-15(11,12)13;2*1-2/h3-6H,2,7-8H2,1H3,(H,11,12,13);2*1-2H3. The molecule has 5 heteroatoms. The molecule has 0 atom stereocenters. The molecule has 0 heterocycles. The molecule has 0 saturated carbocycles. The summed E-state index contributed by atoms with van der Waals surface area (Å²) in [6.07, 6.45) is 0.284. The molecule has 112 valence electrons. The molecule has 0 saturated heterocycles. The normalized spacial score (nSPS) is 9.58. The molecule has 0 aliphatic heterocycles. The first-order valence-corrected chi connectivity index (χ1v) is 8.23. The fourth-order valence-electron chi connectivity index (χ4n) is 1.07. The topological polar surface area (TPSA) is 63.6 Å². The molecule has 1 aromatic rings. The Bertz CT molecular complexity index is 396. The van der Waals surface area contributed by atoms with Crippen molar-refractivity contribution >= 4 is 10.1 Å². The fourth-order valence-corrected chi connectivity index (χ4v) is 1.55. The Kier molecular flexibility index (Phi) is 12.8. The molecule has 0 fully saturated rings. The summed E-state index contributed by atoms with van der Waals surface area (Å²) in [6.45, 7) is 10.3. The van der Waals surface area contributed by atoms with E-state index in [2.05, 4.69) is 0 Å². The van der Waals surface area contributed by atoms with E-state index in [1.54, 1.807) is 0 Å². The molecular formula is C14H26O4S. The second kappa shape index (κ2) is 12.0. The largest absolute Gasteiger partial charge is 0.494 e. The molecule has 0 aliphatic rings. The Labute approximate surface area is 117 Å². The van der Waals surface area contributed by atoms with Crippen molar-refractivity contribution in [1.29, 1.82) is 0 Å². The third kappa shape index (κ3) is 13.2. The Morgan fingerprint density at radius 1 is 1.05 bits per heavy atom. The molecule has 19 heavy (non-hydrogen) atoms. The van der Waals surface area contributed by atoms with Gasteiger partial charge in [0.15, 0.2) is 0 Å². The van der Waals surface area contributed by atoms with Crippen LogP contribution in [0.1, 0.15) is 39.7 Å². The molecule has 0 aliphatic carbocycles. The molecule has 0 bridgehead atoms. The third-order valence-corrected chi connectivity index (χ3v) is 2.64. The molecule has 1 aromatic carbocycles. The van der Waals surface area contributed by atoms with Crippen molar-refractivity contribution in [3.8, 4) is 5.75 Å². The molecule has 4 nitrogen and oxygen atoms in total. The summed E-state index contributed by atoms with van der Waals surface area (Å²) in [5.74, 6) is 0.440. The van der Waals surface area contributed by atoms with Gasteiger partial charge < -0.3 is 4.74 Å². The molecule has 0 spiro atoms. The lowest BCUT2D eigenvalue weighted by atomic mass is 10.2. The zero-order valence-electron chi connectivity index (χ0n) is 12.5. The van der Waals surface area contributed by atoms with Crippen molar-refractivity contribution in [3.05, 3.63) is 29.8 Å². The fraction of sp³-hybridized carbons (Fsp3) is 0.571. The molecule has 0 unspecified atom stereocenters. The van der Waals surface area contributed by atoms with Crippen LogP contribution in [0.15, 0.2) is 24.3 Å². The van der Waals surface area contributed by atoms with Crippen molar-refractivity contribution in [1.82, 2.24) is 0 Å². The number of aryl methyl sites for hydroxylation is 1. The van der Waals surface area contributed by atoms with Gasteiger partial charge in [-0.2, -0.15) is 8.42 Å². The van der Waals surface area contributed by atoms with E-state index >= 15 is 0 Å². The van der Waals surface area contributed by atoms with E-state index in [1.807, 2.05) is 58.9 Å². The zero-order chi connectivity index (χ0) is 15.3. The highest BCUT2D eigenvalue weighted by atomic mass is 32.2. The number of ether oxygens (including phenoxy) is 1. The van der Waals surface area contributed by atoms with Crippen LogP contribution in [0.25, 0.3) is 0 Å². The van der Waals surface area contributed by atoms with Crippen LogP contribution in [-0.4, -0.2) is 25.3 Å². The summed E-state index contributed by atoms with van der Waals surface area (Å²) in [5.41, 5.74) is 1.14. The van der Waals surface area contributed by atoms with E-state index < -0.39 is 10.1 Å². The first kappa shape index (κ1) is 20.3. The average molecular weight is 290 g/mol. The van der Waals surface area contributed by atoms with Crippen LogP contribution in [0.2, 0.25) is 0 Å². The van der Waals surface area contributed by atoms with E-state index in [1.165, 1.54) is 0 Å². The minimum Gasteiger partial charge on any atom is -0.494 e. The Hall–Kier alpha value is -1.07. The van der Waals surface area contributed by atoms with Gasteiger partial charge in [-0.05, 0) is 25.5 Å². The van der Waals surface area contributed by atoms with Crippen molar-refractivity contribution < 1.29 is 17.7 Å². The first-order valence-electron chi connectivity index (χ1n) is 6.62. The quantitative estimate of drug-likeness (QED) is 0.663. The summed E-state index contributed by atoms with van der Waals surface area (Å²) < 4.78 is 34.5. The number of benzene rings is 1. The van der Waals surface area contributed by atoms with Crippen LogP contribution in [0.5, 0.6) is 5.75 Å². The lowest BCUT2D eigenvalue weighted by Crippen LogP contribution is -2.08. The van der Waals surface area contributed by atoms with Gasteiger partial charge in [0.25, 0.3) is 10.1 Å². The maximum Gasteiger partial charge on any atom is 0.264 e. The van der Waals surface area contributed by atoms with Crippen molar-refractivity contribution in [2.75, 3.05) is 12.4 Å². The number of hydrogen-bond acceptors (Lipinski definition) is 3. The van der Waals surface area contributed by atoms with Gasteiger partial charge in [0.05, 0.1) is 12.4 Å². The minimum absolute atomic E-state index is 0.265. The lowest BCUT2D eigenvalue weighted by molar-refractivity contribution is 0.316. The van der Waals surface area contributed by atoms with Gasteiger partial charge in [-0.3, -0.25) is 4.55 Å². The van der Waals surface area contributed by atoms with Crippen molar-refractivity contribution in [2.24, 2.45) is 0 Å². The minimum atomic E-state index is -3.87. The van der Waals surface area contributed by atoms with Gasteiger partial charge in [0, 0.05) is 0 Å². The Morgan fingerprint density at radius 3 is 1.95 bits per heavy atom. The second-order valence-electron chi connectivity index (χ2n) is 3.30. The van der Waals surface area contributed by atoms with Crippen molar-refractivity contribution in [3.63, 3.8) is 0 Å². The maximum atomic E-state index is 10.4. The van der Waals surface area contributed by atoms with Crippen LogP contribution in [0.4, 0.5) is 0 Å². The van der Waals surface area contributed by atoms with E-state index in [0.717, 1.165) is 5.56 Å². The second-order valence-corrected chi connectivity index (χ2v) is 4.87. The van der Waals surface area contributed by atoms with Gasteiger partial charge in [0.2, 0.25) is 0 Å². The van der Waals surface area contributed by atoms with Gasteiger partial charge in [-0.25, -0.2) is 0 Å². The highest BCUT2D eigenvalue weighted by molar-refractivity contribution is 7.85. The Morgan fingerprint density at radius 2 is 1.53 bits per heavy atom. The SMILES string of the molecule is CC.CC.Cc1ccc(OCCCS(=O)(=O)O)cc1. The smallest absolute Gasteiger partial charge is 0.264 e. The summed E-state index contributed by atoms with van der Waals surface area (Å²) in [4.78, 5) is 0. The van der Waals surface area contributed by atoms with Crippen LogP contribution in [0, 0.1) is 6.92 Å². The highest BCUT2D eigenvalue weighted by Gasteiger charge is 2.03. The van der Waals surface area contributed by atoms with Gasteiger partial charge in [0.1, 0.15) is 5.75 Å². The van der Waals surface area contributed by atoms with Crippen LogP contribution < -0.4 is 4.74 Å². The predicted octanol–water partition coefficient (Wildman–Crippen LogP) is 3.70.